The molecule has 0 aliphatic rings. The Balaban J connectivity index is 1.96. The van der Waals surface area contributed by atoms with E-state index >= 15 is 0 Å². The molecular weight excluding hydrogens is 335 g/mol. The van der Waals surface area contributed by atoms with Gasteiger partial charge in [-0.2, -0.15) is 5.10 Å². The predicted molar refractivity (Wildman–Crippen MR) is 86.2 cm³/mol. The summed E-state index contributed by atoms with van der Waals surface area (Å²) in [6, 6.07) is 9.35. The van der Waals surface area contributed by atoms with Gasteiger partial charge in [0.1, 0.15) is 5.82 Å². The molecule has 0 saturated carbocycles. The first-order chi connectivity index (χ1) is 11.3. The van der Waals surface area contributed by atoms with Gasteiger partial charge in [0.05, 0.1) is 22.5 Å². The Morgan fingerprint density at radius 2 is 2.04 bits per heavy atom. The average Bonchev–Trinajstić information content (AvgIpc) is 2.89. The molecule has 0 spiro atoms. The number of anilines is 1. The molecule has 7 nitrogen and oxygen atoms in total. The summed E-state index contributed by atoms with van der Waals surface area (Å²) in [7, 11) is -3.94. The third-order valence-electron chi connectivity index (χ3n) is 3.34. The summed E-state index contributed by atoms with van der Waals surface area (Å²) in [5, 5.41) is 7.29. The van der Waals surface area contributed by atoms with Crippen LogP contribution in [-0.2, 0) is 21.2 Å². The van der Waals surface area contributed by atoms with E-state index in [9.17, 15) is 17.6 Å². The van der Waals surface area contributed by atoms with Gasteiger partial charge in [-0.3, -0.25) is 14.6 Å². The van der Waals surface area contributed by atoms with Gasteiger partial charge in [0, 0.05) is 11.1 Å². The van der Waals surface area contributed by atoms with Crippen molar-refractivity contribution in [1.29, 1.82) is 0 Å². The second-order valence-corrected chi connectivity index (χ2v) is 6.82. The van der Waals surface area contributed by atoms with E-state index in [1.54, 1.807) is 6.07 Å². The first-order valence-electron chi connectivity index (χ1n) is 6.89. The number of sulfonamides is 1. The standard InChI is InChI=1S/C15H13FN4O3S/c16-9-2-1-3-11(6-9)24(22,23)20-10-4-5-13-12(7-10)14(19-18-13)8-15(17)21/h1-7,20H,8H2,(H2,17,21)(H,18,19). The number of hydrogen-bond acceptors (Lipinski definition) is 4. The van der Waals surface area contributed by atoms with Crippen molar-refractivity contribution in [3.05, 3.63) is 54.0 Å². The minimum atomic E-state index is -3.94. The molecule has 4 N–H and O–H groups in total. The van der Waals surface area contributed by atoms with E-state index in [-0.39, 0.29) is 17.0 Å². The predicted octanol–water partition coefficient (Wildman–Crippen LogP) is 1.53. The fourth-order valence-corrected chi connectivity index (χ4v) is 3.36. The smallest absolute Gasteiger partial charge is 0.261 e. The molecule has 3 aromatic rings. The van der Waals surface area contributed by atoms with Crippen molar-refractivity contribution in [2.45, 2.75) is 11.3 Å². The van der Waals surface area contributed by atoms with Crippen molar-refractivity contribution in [2.24, 2.45) is 5.73 Å². The van der Waals surface area contributed by atoms with Crippen LogP contribution in [0.1, 0.15) is 5.69 Å². The summed E-state index contributed by atoms with van der Waals surface area (Å²) in [4.78, 5) is 10.9. The van der Waals surface area contributed by atoms with Gasteiger partial charge in [-0.25, -0.2) is 12.8 Å². The second kappa shape index (κ2) is 5.93. The molecule has 0 bridgehead atoms. The maximum absolute atomic E-state index is 13.2. The molecule has 0 radical (unpaired) electrons. The van der Waals surface area contributed by atoms with Crippen LogP contribution in [0.15, 0.2) is 47.4 Å². The lowest BCUT2D eigenvalue weighted by Crippen LogP contribution is -2.14. The number of H-pyrrole nitrogens is 1. The van der Waals surface area contributed by atoms with Gasteiger partial charge in [-0.1, -0.05) is 6.07 Å². The highest BCUT2D eigenvalue weighted by molar-refractivity contribution is 7.92. The Morgan fingerprint density at radius 3 is 2.75 bits per heavy atom. The monoisotopic (exact) mass is 348 g/mol. The highest BCUT2D eigenvalue weighted by atomic mass is 32.2. The Kier molecular flexibility index (Phi) is 3.94. The van der Waals surface area contributed by atoms with E-state index in [4.69, 9.17) is 5.73 Å². The Labute approximate surface area is 136 Å². The van der Waals surface area contributed by atoms with Crippen LogP contribution in [0.5, 0.6) is 0 Å². The van der Waals surface area contributed by atoms with Crippen molar-refractivity contribution >= 4 is 32.5 Å². The lowest BCUT2D eigenvalue weighted by atomic mass is 10.1. The summed E-state index contributed by atoms with van der Waals surface area (Å²) in [5.74, 6) is -1.18. The van der Waals surface area contributed by atoms with Gasteiger partial charge < -0.3 is 5.73 Å². The number of aromatic amines is 1. The van der Waals surface area contributed by atoms with Crippen LogP contribution in [0.2, 0.25) is 0 Å². The van der Waals surface area contributed by atoms with Crippen molar-refractivity contribution in [2.75, 3.05) is 4.72 Å². The number of rotatable bonds is 5. The number of hydrogen-bond donors (Lipinski definition) is 3. The van der Waals surface area contributed by atoms with Gasteiger partial charge >= 0.3 is 0 Å². The number of nitrogens with two attached hydrogens (primary N) is 1. The molecule has 0 aliphatic carbocycles. The number of fused-ring (bicyclic) bond motifs is 1. The van der Waals surface area contributed by atoms with Crippen molar-refractivity contribution in [3.8, 4) is 0 Å². The summed E-state index contributed by atoms with van der Waals surface area (Å²) in [6.45, 7) is 0. The zero-order valence-corrected chi connectivity index (χ0v) is 13.1. The Bertz CT molecular complexity index is 1030. The molecule has 0 unspecified atom stereocenters. The molecule has 0 aliphatic heterocycles. The number of carbonyl (C=O) groups is 1. The number of aromatic nitrogens is 2. The van der Waals surface area contributed by atoms with Gasteiger partial charge in [-0.05, 0) is 36.4 Å². The van der Waals surface area contributed by atoms with E-state index in [2.05, 4.69) is 14.9 Å². The first kappa shape index (κ1) is 15.9. The Hall–Kier alpha value is -2.94. The molecule has 3 rings (SSSR count). The first-order valence-corrected chi connectivity index (χ1v) is 8.37. The molecule has 24 heavy (non-hydrogen) atoms. The fraction of sp³-hybridized carbons (Fsp3) is 0.0667. The van der Waals surface area contributed by atoms with Crippen molar-refractivity contribution in [3.63, 3.8) is 0 Å². The van der Waals surface area contributed by atoms with Gasteiger partial charge in [0.25, 0.3) is 10.0 Å². The van der Waals surface area contributed by atoms with Crippen LogP contribution in [0.4, 0.5) is 10.1 Å². The minimum absolute atomic E-state index is 0.0450. The maximum Gasteiger partial charge on any atom is 0.261 e. The van der Waals surface area contributed by atoms with Crippen molar-refractivity contribution in [1.82, 2.24) is 10.2 Å². The zero-order chi connectivity index (χ0) is 17.3. The lowest BCUT2D eigenvalue weighted by molar-refractivity contribution is -0.117. The molecule has 0 atom stereocenters. The van der Waals surface area contributed by atoms with E-state index in [1.165, 1.54) is 24.3 Å². The highest BCUT2D eigenvalue weighted by Crippen LogP contribution is 2.23. The van der Waals surface area contributed by atoms with Gasteiger partial charge in [-0.15, -0.1) is 0 Å². The summed E-state index contributed by atoms with van der Waals surface area (Å²) >= 11 is 0. The second-order valence-electron chi connectivity index (χ2n) is 5.14. The van der Waals surface area contributed by atoms with Gasteiger partial charge in [0.15, 0.2) is 0 Å². The quantitative estimate of drug-likeness (QED) is 0.648. The third kappa shape index (κ3) is 3.20. The van der Waals surface area contributed by atoms with E-state index in [0.717, 1.165) is 12.1 Å². The summed E-state index contributed by atoms with van der Waals surface area (Å²) < 4.78 is 40.2. The number of carbonyl (C=O) groups excluding carboxylic acids is 1. The largest absolute Gasteiger partial charge is 0.369 e. The molecule has 2 aromatic carbocycles. The van der Waals surface area contributed by atoms with Crippen LogP contribution in [0.3, 0.4) is 0 Å². The van der Waals surface area contributed by atoms with E-state index in [0.29, 0.717) is 16.6 Å². The van der Waals surface area contributed by atoms with E-state index in [1.807, 2.05) is 0 Å². The molecule has 0 fully saturated rings. The van der Waals surface area contributed by atoms with Crippen LogP contribution in [-0.4, -0.2) is 24.5 Å². The number of benzene rings is 2. The highest BCUT2D eigenvalue weighted by Gasteiger charge is 2.16. The SMILES string of the molecule is NC(=O)Cc1[nH]nc2ccc(NS(=O)(=O)c3cccc(F)c3)cc12. The molecule has 1 aromatic heterocycles. The maximum atomic E-state index is 13.2. The number of nitrogens with zero attached hydrogens (tertiary/aromatic N) is 1. The topological polar surface area (TPSA) is 118 Å². The van der Waals surface area contributed by atoms with Crippen LogP contribution >= 0.6 is 0 Å². The molecular formula is C15H13FN4O3S. The zero-order valence-electron chi connectivity index (χ0n) is 12.3. The molecule has 0 saturated heterocycles. The average molecular weight is 348 g/mol. The summed E-state index contributed by atoms with van der Waals surface area (Å²) in [5.41, 5.74) is 6.49. The van der Waals surface area contributed by atoms with Crippen molar-refractivity contribution < 1.29 is 17.6 Å². The fourth-order valence-electron chi connectivity index (χ4n) is 2.28. The van der Waals surface area contributed by atoms with Crippen LogP contribution in [0.25, 0.3) is 10.9 Å². The third-order valence-corrected chi connectivity index (χ3v) is 4.72. The van der Waals surface area contributed by atoms with Crippen LogP contribution < -0.4 is 10.5 Å². The number of amides is 1. The molecule has 9 heteroatoms. The number of primary amides is 1. The number of nitrogens with one attached hydrogen (secondary N) is 2. The number of halogens is 1. The molecule has 1 heterocycles. The molecule has 124 valence electrons. The lowest BCUT2D eigenvalue weighted by Gasteiger charge is -2.08. The molecule has 1 amide bonds. The van der Waals surface area contributed by atoms with Gasteiger partial charge in [0.2, 0.25) is 5.91 Å². The normalized spacial score (nSPS) is 11.5. The summed E-state index contributed by atoms with van der Waals surface area (Å²) in [6.07, 6.45) is -0.0450. The van der Waals surface area contributed by atoms with Crippen LogP contribution in [0, 0.1) is 5.82 Å². The Morgan fingerprint density at radius 1 is 1.25 bits per heavy atom. The van der Waals surface area contributed by atoms with E-state index < -0.39 is 21.7 Å². The minimum Gasteiger partial charge on any atom is -0.369 e.